The van der Waals surface area contributed by atoms with Crippen LogP contribution in [-0.4, -0.2) is 26.4 Å². The number of benzene rings is 2. The molecule has 1 N–H and O–H groups in total. The lowest BCUT2D eigenvalue weighted by atomic mass is 10.1. The van der Waals surface area contributed by atoms with E-state index in [4.69, 9.17) is 0 Å². The molecule has 0 bridgehead atoms. The Morgan fingerprint density at radius 2 is 1.60 bits per heavy atom. The SMILES string of the molecule is O=S(=O)(Cc1ccc(F)cc1)NCc1ccccc1CN1CCCC1. The molecule has 0 saturated carbocycles. The highest BCUT2D eigenvalue weighted by atomic mass is 32.2. The highest BCUT2D eigenvalue weighted by Crippen LogP contribution is 2.16. The van der Waals surface area contributed by atoms with Crippen LogP contribution in [0.5, 0.6) is 0 Å². The fraction of sp³-hybridized carbons (Fsp3) is 0.368. The molecule has 2 aromatic carbocycles. The van der Waals surface area contributed by atoms with E-state index in [1.165, 1.54) is 37.1 Å². The van der Waals surface area contributed by atoms with Crippen LogP contribution in [0.3, 0.4) is 0 Å². The van der Waals surface area contributed by atoms with Gasteiger partial charge in [-0.2, -0.15) is 0 Å². The lowest BCUT2D eigenvalue weighted by Crippen LogP contribution is -2.26. The van der Waals surface area contributed by atoms with Crippen LogP contribution in [0.1, 0.15) is 29.5 Å². The first-order valence-corrected chi connectivity index (χ1v) is 10.2. The zero-order chi connectivity index (χ0) is 17.7. The van der Waals surface area contributed by atoms with Crippen molar-refractivity contribution in [2.75, 3.05) is 13.1 Å². The molecule has 0 spiro atoms. The minimum absolute atomic E-state index is 0.151. The fourth-order valence-corrected chi connectivity index (χ4v) is 4.21. The Hall–Kier alpha value is -1.76. The first-order valence-electron chi connectivity index (χ1n) is 8.53. The normalized spacial score (nSPS) is 15.6. The predicted octanol–water partition coefficient (Wildman–Crippen LogP) is 3.04. The van der Waals surface area contributed by atoms with Crippen molar-refractivity contribution in [2.45, 2.75) is 31.7 Å². The molecule has 0 unspecified atom stereocenters. The van der Waals surface area contributed by atoms with E-state index in [2.05, 4.69) is 15.7 Å². The summed E-state index contributed by atoms with van der Waals surface area (Å²) in [6.45, 7) is 3.33. The van der Waals surface area contributed by atoms with Gasteiger partial charge in [0.15, 0.2) is 0 Å². The lowest BCUT2D eigenvalue weighted by Gasteiger charge is -2.17. The zero-order valence-corrected chi connectivity index (χ0v) is 14.9. The second-order valence-electron chi connectivity index (χ2n) is 6.46. The van der Waals surface area contributed by atoms with Gasteiger partial charge in [0.05, 0.1) is 5.75 Å². The Morgan fingerprint density at radius 1 is 0.960 bits per heavy atom. The monoisotopic (exact) mass is 362 g/mol. The molecule has 0 aliphatic carbocycles. The summed E-state index contributed by atoms with van der Waals surface area (Å²) >= 11 is 0. The topological polar surface area (TPSA) is 49.4 Å². The summed E-state index contributed by atoms with van der Waals surface area (Å²) in [5, 5.41) is 0. The third kappa shape index (κ3) is 5.36. The smallest absolute Gasteiger partial charge is 0.216 e. The molecule has 134 valence electrons. The molecular formula is C19H23FN2O2S. The van der Waals surface area contributed by atoms with Crippen molar-refractivity contribution < 1.29 is 12.8 Å². The van der Waals surface area contributed by atoms with E-state index in [1.807, 2.05) is 18.2 Å². The van der Waals surface area contributed by atoms with Gasteiger partial charge in [0.25, 0.3) is 0 Å². The van der Waals surface area contributed by atoms with Crippen molar-refractivity contribution in [1.29, 1.82) is 0 Å². The van der Waals surface area contributed by atoms with Crippen molar-refractivity contribution in [3.63, 3.8) is 0 Å². The molecule has 1 fully saturated rings. The summed E-state index contributed by atoms with van der Waals surface area (Å²) in [5.74, 6) is -0.522. The quantitative estimate of drug-likeness (QED) is 0.824. The van der Waals surface area contributed by atoms with Crippen molar-refractivity contribution in [3.05, 3.63) is 71.0 Å². The maximum Gasteiger partial charge on any atom is 0.216 e. The van der Waals surface area contributed by atoms with Gasteiger partial charge in [0.2, 0.25) is 10.0 Å². The molecule has 1 aliphatic heterocycles. The Kier molecular flexibility index (Phi) is 5.83. The second kappa shape index (κ2) is 8.08. The number of hydrogen-bond donors (Lipinski definition) is 1. The van der Waals surface area contributed by atoms with Crippen LogP contribution in [0, 0.1) is 5.82 Å². The van der Waals surface area contributed by atoms with E-state index in [9.17, 15) is 12.8 Å². The highest BCUT2D eigenvalue weighted by molar-refractivity contribution is 7.88. The number of halogens is 1. The molecule has 6 heteroatoms. The Balaban J connectivity index is 1.63. The van der Waals surface area contributed by atoms with Crippen LogP contribution in [-0.2, 0) is 28.9 Å². The minimum atomic E-state index is -3.48. The molecule has 1 aliphatic rings. The highest BCUT2D eigenvalue weighted by Gasteiger charge is 2.15. The van der Waals surface area contributed by atoms with Crippen LogP contribution < -0.4 is 4.72 Å². The summed E-state index contributed by atoms with van der Waals surface area (Å²) in [4.78, 5) is 2.39. The maximum atomic E-state index is 12.9. The molecular weight excluding hydrogens is 339 g/mol. The summed E-state index contributed by atoms with van der Waals surface area (Å²) in [7, 11) is -3.48. The van der Waals surface area contributed by atoms with Gasteiger partial charge in [-0.05, 0) is 54.8 Å². The molecule has 3 rings (SSSR count). The first-order chi connectivity index (χ1) is 12.0. The molecule has 0 aromatic heterocycles. The maximum absolute atomic E-state index is 12.9. The van der Waals surface area contributed by atoms with Crippen molar-refractivity contribution >= 4 is 10.0 Å². The van der Waals surface area contributed by atoms with Gasteiger partial charge in [-0.1, -0.05) is 36.4 Å². The summed E-state index contributed by atoms with van der Waals surface area (Å²) in [6, 6.07) is 13.5. The number of rotatable bonds is 7. The van der Waals surface area contributed by atoms with Gasteiger partial charge in [-0.25, -0.2) is 17.5 Å². The Bertz CT molecular complexity index is 800. The molecule has 0 amide bonds. The van der Waals surface area contributed by atoms with Crippen molar-refractivity contribution in [1.82, 2.24) is 9.62 Å². The van der Waals surface area contributed by atoms with Crippen molar-refractivity contribution in [2.24, 2.45) is 0 Å². The van der Waals surface area contributed by atoms with Gasteiger partial charge in [-0.3, -0.25) is 4.90 Å². The first kappa shape index (κ1) is 18.0. The average Bonchev–Trinajstić information content (AvgIpc) is 3.09. The molecule has 0 atom stereocenters. The van der Waals surface area contributed by atoms with E-state index in [0.717, 1.165) is 30.8 Å². The van der Waals surface area contributed by atoms with E-state index in [-0.39, 0.29) is 18.1 Å². The van der Waals surface area contributed by atoms with Crippen LogP contribution in [0.25, 0.3) is 0 Å². The molecule has 0 radical (unpaired) electrons. The second-order valence-corrected chi connectivity index (χ2v) is 8.27. The number of hydrogen-bond acceptors (Lipinski definition) is 3. The standard InChI is InChI=1S/C19H23FN2O2S/c20-19-9-7-16(8-10-19)15-25(23,24)21-13-17-5-1-2-6-18(17)14-22-11-3-4-12-22/h1-2,5-10,21H,3-4,11-15H2. The van der Waals surface area contributed by atoms with Gasteiger partial charge < -0.3 is 0 Å². The van der Waals surface area contributed by atoms with Gasteiger partial charge in [-0.15, -0.1) is 0 Å². The largest absolute Gasteiger partial charge is 0.299 e. The Morgan fingerprint density at radius 3 is 2.28 bits per heavy atom. The van der Waals surface area contributed by atoms with E-state index < -0.39 is 10.0 Å². The Labute approximate surface area is 148 Å². The summed E-state index contributed by atoms with van der Waals surface area (Å²) in [5.41, 5.74) is 2.73. The van der Waals surface area contributed by atoms with Crippen LogP contribution in [0.15, 0.2) is 48.5 Å². The average molecular weight is 362 g/mol. The number of nitrogens with one attached hydrogen (secondary N) is 1. The minimum Gasteiger partial charge on any atom is -0.299 e. The lowest BCUT2D eigenvalue weighted by molar-refractivity contribution is 0.330. The molecule has 1 saturated heterocycles. The van der Waals surface area contributed by atoms with Gasteiger partial charge >= 0.3 is 0 Å². The third-order valence-corrected chi connectivity index (χ3v) is 5.76. The zero-order valence-electron chi connectivity index (χ0n) is 14.1. The van der Waals surface area contributed by atoms with E-state index >= 15 is 0 Å². The number of nitrogens with zero attached hydrogens (tertiary/aromatic N) is 1. The van der Waals surface area contributed by atoms with Crippen molar-refractivity contribution in [3.8, 4) is 0 Å². The van der Waals surface area contributed by atoms with Crippen LogP contribution >= 0.6 is 0 Å². The number of sulfonamides is 1. The molecule has 2 aromatic rings. The summed E-state index contributed by atoms with van der Waals surface area (Å²) < 4.78 is 40.2. The third-order valence-electron chi connectivity index (χ3n) is 4.46. The van der Waals surface area contributed by atoms with E-state index in [1.54, 1.807) is 0 Å². The fourth-order valence-electron chi connectivity index (χ4n) is 3.10. The van der Waals surface area contributed by atoms with Crippen LogP contribution in [0.2, 0.25) is 0 Å². The van der Waals surface area contributed by atoms with Gasteiger partial charge in [0.1, 0.15) is 5.82 Å². The predicted molar refractivity (Wildman–Crippen MR) is 96.8 cm³/mol. The molecule has 4 nitrogen and oxygen atoms in total. The van der Waals surface area contributed by atoms with E-state index in [0.29, 0.717) is 5.56 Å². The van der Waals surface area contributed by atoms with Crippen LogP contribution in [0.4, 0.5) is 4.39 Å². The summed E-state index contributed by atoms with van der Waals surface area (Å²) in [6.07, 6.45) is 2.46. The van der Waals surface area contributed by atoms with Gasteiger partial charge in [0, 0.05) is 13.1 Å². The number of likely N-dealkylation sites (tertiary alicyclic amines) is 1. The molecule has 25 heavy (non-hydrogen) atoms. The molecule has 1 heterocycles.